The van der Waals surface area contributed by atoms with Crippen LogP contribution in [-0.2, 0) is 4.79 Å². The molecule has 0 spiro atoms. The monoisotopic (exact) mass is 234 g/mol. The van der Waals surface area contributed by atoms with Crippen LogP contribution in [0.5, 0.6) is 5.75 Å². The molecule has 1 atom stereocenters. The fourth-order valence-electron chi connectivity index (χ4n) is 2.04. The highest BCUT2D eigenvalue weighted by Crippen LogP contribution is 2.31. The minimum Gasteiger partial charge on any atom is -0.494 e. The fraction of sp³-hybridized carbons (Fsp3) is 0.533. The lowest BCUT2D eigenvalue weighted by atomic mass is 9.90. The number of hydrogen-bond donors (Lipinski definition) is 0. The Hall–Kier alpha value is -1.31. The van der Waals surface area contributed by atoms with E-state index >= 15 is 0 Å². The van der Waals surface area contributed by atoms with Crippen LogP contribution in [0.1, 0.15) is 51.5 Å². The first-order chi connectivity index (χ1) is 8.20. The van der Waals surface area contributed by atoms with Gasteiger partial charge in [0.2, 0.25) is 0 Å². The first kappa shape index (κ1) is 13.8. The summed E-state index contributed by atoms with van der Waals surface area (Å²) in [5.74, 6) is 1.06. The number of ether oxygens (including phenoxy) is 1. The molecule has 0 saturated carbocycles. The Morgan fingerprint density at radius 1 is 1.29 bits per heavy atom. The van der Waals surface area contributed by atoms with Crippen molar-refractivity contribution >= 4 is 5.78 Å². The molecule has 1 unspecified atom stereocenters. The van der Waals surface area contributed by atoms with Gasteiger partial charge in [-0.3, -0.25) is 4.79 Å². The third-order valence-corrected chi connectivity index (χ3v) is 2.93. The van der Waals surface area contributed by atoms with Gasteiger partial charge in [0.1, 0.15) is 11.5 Å². The number of carbonyl (C=O) groups is 1. The Balaban J connectivity index is 2.95. The van der Waals surface area contributed by atoms with Gasteiger partial charge < -0.3 is 4.74 Å². The van der Waals surface area contributed by atoms with Gasteiger partial charge in [0, 0.05) is 11.5 Å². The third-order valence-electron chi connectivity index (χ3n) is 2.93. The van der Waals surface area contributed by atoms with E-state index in [4.69, 9.17) is 4.74 Å². The van der Waals surface area contributed by atoms with Gasteiger partial charge in [-0.25, -0.2) is 0 Å². The van der Waals surface area contributed by atoms with Crippen molar-refractivity contribution in [3.8, 4) is 5.75 Å². The predicted molar refractivity (Wildman–Crippen MR) is 70.6 cm³/mol. The first-order valence-corrected chi connectivity index (χ1v) is 6.42. The summed E-state index contributed by atoms with van der Waals surface area (Å²) in [6.07, 6.45) is 3.10. The van der Waals surface area contributed by atoms with E-state index in [1.54, 1.807) is 6.92 Å². The summed E-state index contributed by atoms with van der Waals surface area (Å²) < 4.78 is 5.60. The van der Waals surface area contributed by atoms with Gasteiger partial charge in [0.25, 0.3) is 0 Å². The highest BCUT2D eigenvalue weighted by molar-refractivity contribution is 5.84. The second-order valence-corrected chi connectivity index (χ2v) is 4.28. The maximum absolute atomic E-state index is 11.8. The van der Waals surface area contributed by atoms with Gasteiger partial charge in [-0.1, -0.05) is 38.0 Å². The van der Waals surface area contributed by atoms with E-state index in [1.165, 1.54) is 0 Å². The predicted octanol–water partition coefficient (Wildman–Crippen LogP) is 3.95. The molecule has 94 valence electrons. The maximum Gasteiger partial charge on any atom is 0.137 e. The number of carbonyl (C=O) groups excluding carboxylic acids is 1. The minimum atomic E-state index is -0.0160. The van der Waals surface area contributed by atoms with Crippen molar-refractivity contribution in [1.82, 2.24) is 0 Å². The molecule has 0 aliphatic rings. The van der Waals surface area contributed by atoms with E-state index in [9.17, 15) is 4.79 Å². The molecular formula is C15H22O2. The van der Waals surface area contributed by atoms with Crippen LogP contribution in [0.15, 0.2) is 24.3 Å². The largest absolute Gasteiger partial charge is 0.494 e. The molecule has 0 fully saturated rings. The van der Waals surface area contributed by atoms with Gasteiger partial charge in [0.15, 0.2) is 0 Å². The lowest BCUT2D eigenvalue weighted by Gasteiger charge is -2.17. The topological polar surface area (TPSA) is 26.3 Å². The summed E-state index contributed by atoms with van der Waals surface area (Å²) in [6, 6.07) is 7.87. The molecule has 0 heterocycles. The number of hydrogen-bond acceptors (Lipinski definition) is 2. The molecule has 0 N–H and O–H groups in total. The molecule has 0 saturated heterocycles. The van der Waals surface area contributed by atoms with Crippen LogP contribution in [0, 0.1) is 0 Å². The number of benzene rings is 1. The number of para-hydroxylation sites is 1. The molecule has 0 bridgehead atoms. The first-order valence-electron chi connectivity index (χ1n) is 6.42. The lowest BCUT2D eigenvalue weighted by molar-refractivity contribution is -0.118. The van der Waals surface area contributed by atoms with Crippen molar-refractivity contribution < 1.29 is 9.53 Å². The van der Waals surface area contributed by atoms with E-state index in [1.807, 2.05) is 31.2 Å². The normalized spacial score (nSPS) is 12.2. The standard InChI is InChI=1S/C15H22O2/c1-4-6-9-13(12(3)16)14-10-7-8-11-15(14)17-5-2/h7-8,10-11,13H,4-6,9H2,1-3H3. The van der Waals surface area contributed by atoms with Crippen LogP contribution >= 0.6 is 0 Å². The Morgan fingerprint density at radius 3 is 2.59 bits per heavy atom. The van der Waals surface area contributed by atoms with Crippen LogP contribution in [0.25, 0.3) is 0 Å². The number of ketones is 1. The summed E-state index contributed by atoms with van der Waals surface area (Å²) in [5.41, 5.74) is 1.04. The zero-order chi connectivity index (χ0) is 12.7. The number of unbranched alkanes of at least 4 members (excludes halogenated alkanes) is 1. The molecule has 2 heteroatoms. The molecule has 1 aromatic carbocycles. The average Bonchev–Trinajstić information content (AvgIpc) is 2.31. The van der Waals surface area contributed by atoms with Crippen LogP contribution in [-0.4, -0.2) is 12.4 Å². The summed E-state index contributed by atoms with van der Waals surface area (Å²) in [4.78, 5) is 11.8. The average molecular weight is 234 g/mol. The molecule has 0 aliphatic carbocycles. The summed E-state index contributed by atoms with van der Waals surface area (Å²) in [5, 5.41) is 0. The van der Waals surface area contributed by atoms with E-state index in [0.29, 0.717) is 6.61 Å². The molecule has 0 aromatic heterocycles. The van der Waals surface area contributed by atoms with Crippen LogP contribution in [0.4, 0.5) is 0 Å². The molecular weight excluding hydrogens is 212 g/mol. The smallest absolute Gasteiger partial charge is 0.137 e. The number of Topliss-reactive ketones (excluding diaryl/α,β-unsaturated/α-hetero) is 1. The third kappa shape index (κ3) is 3.88. The summed E-state index contributed by atoms with van der Waals surface area (Å²) in [7, 11) is 0. The van der Waals surface area contributed by atoms with Crippen molar-refractivity contribution in [2.45, 2.75) is 46.0 Å². The van der Waals surface area contributed by atoms with Crippen LogP contribution in [0.3, 0.4) is 0 Å². The van der Waals surface area contributed by atoms with E-state index in [-0.39, 0.29) is 11.7 Å². The van der Waals surface area contributed by atoms with Gasteiger partial charge in [-0.05, 0) is 26.3 Å². The zero-order valence-corrected chi connectivity index (χ0v) is 11.0. The van der Waals surface area contributed by atoms with Crippen molar-refractivity contribution in [2.24, 2.45) is 0 Å². The minimum absolute atomic E-state index is 0.0160. The SMILES string of the molecule is CCCCC(C(C)=O)c1ccccc1OCC. The second kappa shape index (κ2) is 7.10. The Kier molecular flexibility index (Phi) is 5.75. The number of rotatable bonds is 7. The van der Waals surface area contributed by atoms with E-state index in [0.717, 1.165) is 30.6 Å². The van der Waals surface area contributed by atoms with Crippen molar-refractivity contribution in [3.05, 3.63) is 29.8 Å². The van der Waals surface area contributed by atoms with Gasteiger partial charge in [0.05, 0.1) is 6.61 Å². The highest BCUT2D eigenvalue weighted by atomic mass is 16.5. The second-order valence-electron chi connectivity index (χ2n) is 4.28. The molecule has 1 aromatic rings. The van der Waals surface area contributed by atoms with Crippen molar-refractivity contribution in [1.29, 1.82) is 0 Å². The Labute approximate surface area is 104 Å². The van der Waals surface area contributed by atoms with Crippen LogP contribution < -0.4 is 4.74 Å². The fourth-order valence-corrected chi connectivity index (χ4v) is 2.04. The Bertz CT molecular complexity index is 358. The molecule has 0 radical (unpaired) electrons. The van der Waals surface area contributed by atoms with Crippen LogP contribution in [0.2, 0.25) is 0 Å². The van der Waals surface area contributed by atoms with Crippen molar-refractivity contribution in [2.75, 3.05) is 6.61 Å². The van der Waals surface area contributed by atoms with Gasteiger partial charge in [-0.15, -0.1) is 0 Å². The summed E-state index contributed by atoms with van der Waals surface area (Å²) in [6.45, 7) is 6.41. The molecule has 0 amide bonds. The highest BCUT2D eigenvalue weighted by Gasteiger charge is 2.19. The lowest BCUT2D eigenvalue weighted by Crippen LogP contribution is -2.11. The van der Waals surface area contributed by atoms with Gasteiger partial charge >= 0.3 is 0 Å². The zero-order valence-electron chi connectivity index (χ0n) is 11.0. The maximum atomic E-state index is 11.8. The van der Waals surface area contributed by atoms with E-state index < -0.39 is 0 Å². The molecule has 17 heavy (non-hydrogen) atoms. The molecule has 1 rings (SSSR count). The van der Waals surface area contributed by atoms with Gasteiger partial charge in [-0.2, -0.15) is 0 Å². The van der Waals surface area contributed by atoms with E-state index in [2.05, 4.69) is 6.92 Å². The summed E-state index contributed by atoms with van der Waals surface area (Å²) >= 11 is 0. The van der Waals surface area contributed by atoms with Crippen molar-refractivity contribution in [3.63, 3.8) is 0 Å². The quantitative estimate of drug-likeness (QED) is 0.714. The molecule has 2 nitrogen and oxygen atoms in total. The molecule has 0 aliphatic heterocycles. The Morgan fingerprint density at radius 2 is 2.00 bits per heavy atom.